The maximum atomic E-state index is 10.7. The van der Waals surface area contributed by atoms with Gasteiger partial charge >= 0.3 is 0 Å². The monoisotopic (exact) mass is 185 g/mol. The summed E-state index contributed by atoms with van der Waals surface area (Å²) < 4.78 is 0. The molecule has 0 fully saturated rings. The first-order valence-corrected chi connectivity index (χ1v) is 3.64. The second-order valence-corrected chi connectivity index (χ2v) is 2.39. The first-order chi connectivity index (χ1) is 5.95. The Labute approximate surface area is 75.6 Å². The van der Waals surface area contributed by atoms with Gasteiger partial charge in [0.15, 0.2) is 0 Å². The SMILES string of the molecule is CC(=O)N1C=CCC1=O.CC(=O)O. The fraction of sp³-hybridized carbons (Fsp3) is 0.375. The molecule has 2 amide bonds. The number of rotatable bonds is 0. The number of hydrogen-bond acceptors (Lipinski definition) is 3. The molecule has 1 aliphatic rings. The van der Waals surface area contributed by atoms with Crippen molar-refractivity contribution in [2.24, 2.45) is 0 Å². The lowest BCUT2D eigenvalue weighted by Gasteiger charge is -2.05. The molecule has 13 heavy (non-hydrogen) atoms. The van der Waals surface area contributed by atoms with E-state index < -0.39 is 5.97 Å². The van der Waals surface area contributed by atoms with Gasteiger partial charge in [0, 0.05) is 26.5 Å². The molecular formula is C8H11NO4. The highest BCUT2D eigenvalue weighted by molar-refractivity contribution is 5.97. The molecule has 0 aromatic heterocycles. The fourth-order valence-corrected chi connectivity index (χ4v) is 0.721. The molecule has 1 rings (SSSR count). The molecule has 0 saturated carbocycles. The minimum absolute atomic E-state index is 0.137. The van der Waals surface area contributed by atoms with Crippen LogP contribution in [0.1, 0.15) is 20.3 Å². The molecular weight excluding hydrogens is 174 g/mol. The van der Waals surface area contributed by atoms with Gasteiger partial charge in [-0.15, -0.1) is 0 Å². The van der Waals surface area contributed by atoms with Crippen molar-refractivity contribution in [2.75, 3.05) is 0 Å². The predicted molar refractivity (Wildman–Crippen MR) is 44.6 cm³/mol. The number of nitrogens with zero attached hydrogens (tertiary/aromatic N) is 1. The van der Waals surface area contributed by atoms with E-state index in [9.17, 15) is 9.59 Å². The molecule has 0 saturated heterocycles. The highest BCUT2D eigenvalue weighted by Gasteiger charge is 2.17. The Morgan fingerprint density at radius 2 is 1.92 bits per heavy atom. The molecule has 0 aliphatic carbocycles. The second-order valence-electron chi connectivity index (χ2n) is 2.39. The molecule has 5 nitrogen and oxygen atoms in total. The van der Waals surface area contributed by atoms with E-state index in [2.05, 4.69) is 0 Å². The Bertz CT molecular complexity index is 253. The van der Waals surface area contributed by atoms with Crippen molar-refractivity contribution in [1.82, 2.24) is 4.90 Å². The van der Waals surface area contributed by atoms with Crippen molar-refractivity contribution in [3.05, 3.63) is 12.3 Å². The normalized spacial score (nSPS) is 13.7. The first-order valence-electron chi connectivity index (χ1n) is 3.64. The smallest absolute Gasteiger partial charge is 0.300 e. The Morgan fingerprint density at radius 3 is 2.08 bits per heavy atom. The Hall–Kier alpha value is -1.65. The second kappa shape index (κ2) is 5.08. The van der Waals surface area contributed by atoms with E-state index in [4.69, 9.17) is 9.90 Å². The Morgan fingerprint density at radius 1 is 1.46 bits per heavy atom. The molecule has 0 aromatic carbocycles. The lowest BCUT2D eigenvalue weighted by Crippen LogP contribution is -2.25. The van der Waals surface area contributed by atoms with E-state index in [0.29, 0.717) is 6.42 Å². The van der Waals surface area contributed by atoms with Crippen molar-refractivity contribution >= 4 is 17.8 Å². The maximum absolute atomic E-state index is 10.7. The molecule has 5 heteroatoms. The molecule has 0 atom stereocenters. The van der Waals surface area contributed by atoms with Gasteiger partial charge in [-0.05, 0) is 0 Å². The van der Waals surface area contributed by atoms with E-state index >= 15 is 0 Å². The van der Waals surface area contributed by atoms with Gasteiger partial charge in [0.05, 0.1) is 0 Å². The number of carbonyl (C=O) groups excluding carboxylic acids is 2. The summed E-state index contributed by atoms with van der Waals surface area (Å²) >= 11 is 0. The summed E-state index contributed by atoms with van der Waals surface area (Å²) in [4.78, 5) is 31.3. The van der Waals surface area contributed by atoms with Gasteiger partial charge in [0.2, 0.25) is 11.8 Å². The van der Waals surface area contributed by atoms with Crippen molar-refractivity contribution < 1.29 is 19.5 Å². The van der Waals surface area contributed by atoms with Crippen LogP contribution in [-0.2, 0) is 14.4 Å². The van der Waals surface area contributed by atoms with Gasteiger partial charge in [-0.3, -0.25) is 19.3 Å². The van der Waals surface area contributed by atoms with Crippen LogP contribution in [0.15, 0.2) is 12.3 Å². The van der Waals surface area contributed by atoms with E-state index in [1.807, 2.05) is 0 Å². The van der Waals surface area contributed by atoms with Crippen molar-refractivity contribution in [2.45, 2.75) is 20.3 Å². The third-order valence-electron chi connectivity index (χ3n) is 1.15. The van der Waals surface area contributed by atoms with Gasteiger partial charge in [0.1, 0.15) is 0 Å². The van der Waals surface area contributed by atoms with Gasteiger partial charge in [-0.25, -0.2) is 0 Å². The third-order valence-corrected chi connectivity index (χ3v) is 1.15. The summed E-state index contributed by atoms with van der Waals surface area (Å²) in [5.41, 5.74) is 0. The van der Waals surface area contributed by atoms with Crippen molar-refractivity contribution in [3.8, 4) is 0 Å². The highest BCUT2D eigenvalue weighted by Crippen LogP contribution is 2.05. The number of amides is 2. The average Bonchev–Trinajstić information content (AvgIpc) is 2.33. The Balaban J connectivity index is 0.000000310. The summed E-state index contributed by atoms with van der Waals surface area (Å²) in [7, 11) is 0. The molecule has 1 N–H and O–H groups in total. The number of carbonyl (C=O) groups is 3. The van der Waals surface area contributed by atoms with Crippen LogP contribution < -0.4 is 0 Å². The van der Waals surface area contributed by atoms with E-state index in [0.717, 1.165) is 11.8 Å². The number of hydrogen-bond donors (Lipinski definition) is 1. The molecule has 1 aliphatic heterocycles. The molecule has 0 unspecified atom stereocenters. The van der Waals surface area contributed by atoms with E-state index in [1.165, 1.54) is 13.1 Å². The highest BCUT2D eigenvalue weighted by atomic mass is 16.4. The number of carboxylic acids is 1. The van der Waals surface area contributed by atoms with Crippen LogP contribution in [-0.4, -0.2) is 27.8 Å². The standard InChI is InChI=1S/C6H7NO2.C2H4O2/c1-5(8)7-4-2-3-6(7)9;1-2(3)4/h2,4H,3H2,1H3;1H3,(H,3,4). The summed E-state index contributed by atoms with van der Waals surface area (Å²) in [5, 5.41) is 7.42. The third kappa shape index (κ3) is 4.73. The van der Waals surface area contributed by atoms with Crippen molar-refractivity contribution in [3.63, 3.8) is 0 Å². The summed E-state index contributed by atoms with van der Waals surface area (Å²) in [5.74, 6) is -1.18. The largest absolute Gasteiger partial charge is 0.481 e. The topological polar surface area (TPSA) is 74.7 Å². The fourth-order valence-electron chi connectivity index (χ4n) is 0.721. The van der Waals surface area contributed by atoms with Crippen LogP contribution in [0.5, 0.6) is 0 Å². The number of aliphatic carboxylic acids is 1. The first kappa shape index (κ1) is 11.4. The lowest BCUT2D eigenvalue weighted by atomic mass is 10.4. The van der Waals surface area contributed by atoms with Gasteiger partial charge in [0.25, 0.3) is 5.97 Å². The molecule has 1 heterocycles. The molecule has 72 valence electrons. The lowest BCUT2D eigenvalue weighted by molar-refractivity contribution is -0.138. The zero-order valence-electron chi connectivity index (χ0n) is 7.48. The van der Waals surface area contributed by atoms with Crippen LogP contribution in [0.3, 0.4) is 0 Å². The zero-order valence-corrected chi connectivity index (χ0v) is 7.48. The summed E-state index contributed by atoms with van der Waals surface area (Å²) in [6, 6.07) is 0. The molecule has 0 bridgehead atoms. The minimum atomic E-state index is -0.833. The van der Waals surface area contributed by atoms with E-state index in [1.54, 1.807) is 6.08 Å². The van der Waals surface area contributed by atoms with Gasteiger partial charge < -0.3 is 5.11 Å². The van der Waals surface area contributed by atoms with Crippen LogP contribution in [0.25, 0.3) is 0 Å². The summed E-state index contributed by atoms with van der Waals surface area (Å²) in [6.45, 7) is 2.45. The van der Waals surface area contributed by atoms with Crippen LogP contribution in [0.2, 0.25) is 0 Å². The molecule has 0 aromatic rings. The van der Waals surface area contributed by atoms with Crippen LogP contribution in [0.4, 0.5) is 0 Å². The van der Waals surface area contributed by atoms with Crippen LogP contribution >= 0.6 is 0 Å². The summed E-state index contributed by atoms with van der Waals surface area (Å²) in [6.07, 6.45) is 3.54. The number of carboxylic acid groups (broad SMARTS) is 1. The molecule has 0 spiro atoms. The Kier molecular flexibility index (Phi) is 4.43. The van der Waals surface area contributed by atoms with Gasteiger partial charge in [-0.1, -0.05) is 6.08 Å². The molecule has 0 radical (unpaired) electrons. The predicted octanol–water partition coefficient (Wildman–Crippen LogP) is 0.370. The van der Waals surface area contributed by atoms with Crippen molar-refractivity contribution in [1.29, 1.82) is 0 Å². The van der Waals surface area contributed by atoms with Gasteiger partial charge in [-0.2, -0.15) is 0 Å². The quantitative estimate of drug-likeness (QED) is 0.591. The van der Waals surface area contributed by atoms with E-state index in [-0.39, 0.29) is 11.8 Å². The average molecular weight is 185 g/mol. The minimum Gasteiger partial charge on any atom is -0.481 e. The van der Waals surface area contributed by atoms with Crippen LogP contribution in [0, 0.1) is 0 Å². The zero-order chi connectivity index (χ0) is 10.4. The number of imide groups is 1. The maximum Gasteiger partial charge on any atom is 0.300 e.